The maximum Gasteiger partial charge on any atom is 0.326 e. The minimum absolute atomic E-state index is 0.0324. The molecule has 7 heteroatoms. The molecule has 0 spiro atoms. The van der Waals surface area contributed by atoms with E-state index in [1.807, 2.05) is 30.3 Å². The van der Waals surface area contributed by atoms with E-state index in [4.69, 9.17) is 9.84 Å². The lowest BCUT2D eigenvalue weighted by Crippen LogP contribution is -2.59. The number of nitrogens with zero attached hydrogens (tertiary/aromatic N) is 2. The number of carbonyl (C=O) groups excluding carboxylic acids is 1. The molecule has 2 atom stereocenters. The van der Waals surface area contributed by atoms with Gasteiger partial charge in [0.2, 0.25) is 0 Å². The summed E-state index contributed by atoms with van der Waals surface area (Å²) in [5.74, 6) is -1.08. The van der Waals surface area contributed by atoms with Crippen LogP contribution in [0.15, 0.2) is 30.3 Å². The highest BCUT2D eigenvalue weighted by atomic mass is 16.5. The summed E-state index contributed by atoms with van der Waals surface area (Å²) in [7, 11) is 0. The van der Waals surface area contributed by atoms with E-state index in [1.165, 1.54) is 4.90 Å². The van der Waals surface area contributed by atoms with Crippen molar-refractivity contribution < 1.29 is 24.5 Å². The van der Waals surface area contributed by atoms with E-state index in [2.05, 4.69) is 0 Å². The Morgan fingerprint density at radius 3 is 2.52 bits per heavy atom. The van der Waals surface area contributed by atoms with E-state index in [9.17, 15) is 14.7 Å². The minimum atomic E-state index is -1.08. The van der Waals surface area contributed by atoms with Crippen LogP contribution in [0.3, 0.4) is 0 Å². The summed E-state index contributed by atoms with van der Waals surface area (Å²) in [4.78, 5) is 26.3. The summed E-state index contributed by atoms with van der Waals surface area (Å²) >= 11 is 0. The third-order valence-electron chi connectivity index (χ3n) is 4.26. The summed E-state index contributed by atoms with van der Waals surface area (Å²) in [6, 6.07) is 8.50. The van der Waals surface area contributed by atoms with Gasteiger partial charge in [-0.25, -0.2) is 9.59 Å². The van der Waals surface area contributed by atoms with Crippen LogP contribution in [0.25, 0.3) is 0 Å². The van der Waals surface area contributed by atoms with Gasteiger partial charge in [0.05, 0.1) is 31.9 Å². The summed E-state index contributed by atoms with van der Waals surface area (Å²) in [6.07, 6.45) is -0.718. The number of carboxylic acid groups (broad SMARTS) is 1. The molecule has 2 amide bonds. The maximum atomic E-state index is 12.3. The molecular formula is C16H20N2O5. The summed E-state index contributed by atoms with van der Waals surface area (Å²) < 4.78 is 5.72. The zero-order chi connectivity index (χ0) is 16.4. The smallest absolute Gasteiger partial charge is 0.326 e. The molecule has 2 N–H and O–H groups in total. The molecule has 1 aromatic carbocycles. The number of aliphatic carboxylic acids is 1. The number of aliphatic hydroxyl groups excluding tert-OH is 1. The molecule has 124 valence electrons. The molecule has 0 aromatic heterocycles. The molecule has 3 rings (SSSR count). The van der Waals surface area contributed by atoms with Crippen LogP contribution >= 0.6 is 0 Å². The van der Waals surface area contributed by atoms with Crippen LogP contribution in [0, 0.1) is 0 Å². The number of aliphatic hydroxyl groups is 1. The number of carbonyl (C=O) groups is 2. The fraction of sp³-hybridized carbons (Fsp3) is 0.500. The minimum Gasteiger partial charge on any atom is -0.480 e. The fourth-order valence-corrected chi connectivity index (χ4v) is 2.93. The van der Waals surface area contributed by atoms with Crippen molar-refractivity contribution in [2.45, 2.75) is 31.3 Å². The quantitative estimate of drug-likeness (QED) is 0.844. The van der Waals surface area contributed by atoms with E-state index in [-0.39, 0.29) is 25.1 Å². The molecule has 0 aliphatic carbocycles. The van der Waals surface area contributed by atoms with Gasteiger partial charge in [-0.2, -0.15) is 0 Å². The second kappa shape index (κ2) is 6.55. The van der Waals surface area contributed by atoms with Crippen molar-refractivity contribution in [2.24, 2.45) is 0 Å². The Morgan fingerprint density at radius 1 is 1.17 bits per heavy atom. The number of carboxylic acids is 1. The molecule has 0 radical (unpaired) electrons. The number of hydrogen-bond acceptors (Lipinski definition) is 4. The zero-order valence-electron chi connectivity index (χ0n) is 12.7. The van der Waals surface area contributed by atoms with Crippen molar-refractivity contribution in [2.75, 3.05) is 19.6 Å². The molecule has 7 nitrogen and oxygen atoms in total. The van der Waals surface area contributed by atoms with Crippen LogP contribution in [-0.2, 0) is 16.1 Å². The van der Waals surface area contributed by atoms with E-state index in [0.717, 1.165) is 5.56 Å². The molecule has 2 saturated heterocycles. The molecule has 0 saturated carbocycles. The van der Waals surface area contributed by atoms with Gasteiger partial charge in [-0.05, 0) is 5.56 Å². The van der Waals surface area contributed by atoms with Crippen LogP contribution < -0.4 is 0 Å². The first-order valence-electron chi connectivity index (χ1n) is 7.66. The Labute approximate surface area is 134 Å². The maximum absolute atomic E-state index is 12.3. The highest BCUT2D eigenvalue weighted by molar-refractivity contribution is 5.84. The second-order valence-electron chi connectivity index (χ2n) is 6.00. The van der Waals surface area contributed by atoms with Gasteiger partial charge < -0.3 is 24.7 Å². The third-order valence-corrected chi connectivity index (χ3v) is 4.26. The van der Waals surface area contributed by atoms with Gasteiger partial charge in [-0.15, -0.1) is 0 Å². The first-order chi connectivity index (χ1) is 11.0. The Hall–Kier alpha value is -2.12. The van der Waals surface area contributed by atoms with Crippen molar-refractivity contribution in [3.8, 4) is 0 Å². The van der Waals surface area contributed by atoms with Crippen LogP contribution in [-0.4, -0.2) is 69.9 Å². The molecule has 2 aliphatic heterocycles. The lowest BCUT2D eigenvalue weighted by Gasteiger charge is -2.41. The van der Waals surface area contributed by atoms with Gasteiger partial charge in [-0.1, -0.05) is 30.3 Å². The lowest BCUT2D eigenvalue weighted by molar-refractivity contribution is -0.141. The Morgan fingerprint density at radius 2 is 1.87 bits per heavy atom. The SMILES string of the molecule is O=C(O)[C@H]1C[C@H](O)CN1C(=O)N1CC(OCc2ccccc2)C1. The van der Waals surface area contributed by atoms with Gasteiger partial charge in [0.25, 0.3) is 0 Å². The average Bonchev–Trinajstić information content (AvgIpc) is 2.89. The van der Waals surface area contributed by atoms with Gasteiger partial charge in [0.1, 0.15) is 6.04 Å². The Kier molecular flexibility index (Phi) is 4.49. The highest BCUT2D eigenvalue weighted by Gasteiger charge is 2.43. The second-order valence-corrected chi connectivity index (χ2v) is 6.00. The number of rotatable bonds is 4. The molecule has 2 fully saturated rings. The number of benzene rings is 1. The van der Waals surface area contributed by atoms with E-state index < -0.39 is 18.1 Å². The van der Waals surface area contributed by atoms with E-state index >= 15 is 0 Å². The number of ether oxygens (including phenoxy) is 1. The normalized spacial score (nSPS) is 24.6. The highest BCUT2D eigenvalue weighted by Crippen LogP contribution is 2.23. The predicted octanol–water partition coefficient (Wildman–Crippen LogP) is 0.527. The van der Waals surface area contributed by atoms with E-state index in [1.54, 1.807) is 4.90 Å². The molecular weight excluding hydrogens is 300 g/mol. The third kappa shape index (κ3) is 3.46. The van der Waals surface area contributed by atoms with Crippen LogP contribution in [0.1, 0.15) is 12.0 Å². The number of urea groups is 1. The van der Waals surface area contributed by atoms with Crippen molar-refractivity contribution in [1.82, 2.24) is 9.80 Å². The monoisotopic (exact) mass is 320 g/mol. The number of β-amino-alcohol motifs (C(OH)–C–C–N with tert-alkyl or cyclic N) is 1. The number of likely N-dealkylation sites (tertiary alicyclic amines) is 2. The van der Waals surface area contributed by atoms with Crippen molar-refractivity contribution in [3.05, 3.63) is 35.9 Å². The molecule has 23 heavy (non-hydrogen) atoms. The molecule has 2 aliphatic rings. The van der Waals surface area contributed by atoms with Gasteiger partial charge >= 0.3 is 12.0 Å². The van der Waals surface area contributed by atoms with Crippen molar-refractivity contribution >= 4 is 12.0 Å². The topological polar surface area (TPSA) is 90.3 Å². The first kappa shape index (κ1) is 15.8. The molecule has 0 bridgehead atoms. The van der Waals surface area contributed by atoms with Gasteiger partial charge in [0, 0.05) is 13.0 Å². The van der Waals surface area contributed by atoms with Crippen molar-refractivity contribution in [1.29, 1.82) is 0 Å². The summed E-state index contributed by atoms with van der Waals surface area (Å²) in [5, 5.41) is 18.7. The van der Waals surface area contributed by atoms with Crippen LogP contribution in [0.4, 0.5) is 4.79 Å². The predicted molar refractivity (Wildman–Crippen MR) is 80.7 cm³/mol. The van der Waals surface area contributed by atoms with Crippen LogP contribution in [0.5, 0.6) is 0 Å². The number of amides is 2. The molecule has 1 aromatic rings. The lowest BCUT2D eigenvalue weighted by atomic mass is 10.1. The number of hydrogen-bond donors (Lipinski definition) is 2. The summed E-state index contributed by atoms with van der Waals surface area (Å²) in [5.41, 5.74) is 1.07. The van der Waals surface area contributed by atoms with Crippen LogP contribution in [0.2, 0.25) is 0 Å². The van der Waals surface area contributed by atoms with E-state index in [0.29, 0.717) is 19.7 Å². The largest absolute Gasteiger partial charge is 0.480 e. The zero-order valence-corrected chi connectivity index (χ0v) is 12.7. The molecule has 2 heterocycles. The fourth-order valence-electron chi connectivity index (χ4n) is 2.93. The Bertz CT molecular complexity index is 573. The molecule has 0 unspecified atom stereocenters. The van der Waals surface area contributed by atoms with Gasteiger partial charge in [0.15, 0.2) is 0 Å². The van der Waals surface area contributed by atoms with Gasteiger partial charge in [-0.3, -0.25) is 0 Å². The Balaban J connectivity index is 1.47. The summed E-state index contributed by atoms with van der Waals surface area (Å²) in [6.45, 7) is 1.46. The van der Waals surface area contributed by atoms with Crippen molar-refractivity contribution in [3.63, 3.8) is 0 Å². The first-order valence-corrected chi connectivity index (χ1v) is 7.66. The standard InChI is InChI=1S/C16H20N2O5/c19-12-6-14(15(20)21)18(7-12)16(22)17-8-13(9-17)23-10-11-4-2-1-3-5-11/h1-5,12-14,19H,6-10H2,(H,20,21)/t12-,14+/m0/s1. The average molecular weight is 320 g/mol.